The van der Waals surface area contributed by atoms with Gasteiger partial charge in [-0.05, 0) is 30.7 Å². The van der Waals surface area contributed by atoms with Crippen LogP contribution < -0.4 is 5.32 Å². The molecule has 150 valence electrons. The average molecular weight is 401 g/mol. The molecule has 0 unspecified atom stereocenters. The molecule has 2 heterocycles. The summed E-state index contributed by atoms with van der Waals surface area (Å²) in [6.45, 7) is 8.73. The summed E-state index contributed by atoms with van der Waals surface area (Å²) in [7, 11) is 0. The largest absolute Gasteiger partial charge is 0.462 e. The molecule has 3 rings (SSSR count). The number of amides is 1. The lowest BCUT2D eigenvalue weighted by atomic mass is 9.92. The third-order valence-electron chi connectivity index (χ3n) is 4.92. The molecule has 1 aliphatic rings. The number of anilines is 1. The lowest BCUT2D eigenvalue weighted by molar-refractivity contribution is -0.117. The summed E-state index contributed by atoms with van der Waals surface area (Å²) in [5, 5.41) is 5.41. The lowest BCUT2D eigenvalue weighted by Gasteiger charge is -2.34. The number of ether oxygens (including phenoxy) is 1. The Morgan fingerprint density at radius 3 is 2.50 bits per heavy atom. The maximum atomic E-state index is 12.7. The number of piperidine rings is 1. The van der Waals surface area contributed by atoms with Gasteiger partial charge >= 0.3 is 5.97 Å². The fourth-order valence-corrected chi connectivity index (χ4v) is 4.95. The minimum atomic E-state index is -0.405. The highest BCUT2D eigenvalue weighted by molar-refractivity contribution is 7.15. The number of nitrogens with zero attached hydrogens (tertiary/aromatic N) is 1. The van der Waals surface area contributed by atoms with Crippen molar-refractivity contribution in [2.24, 2.45) is 11.8 Å². The van der Waals surface area contributed by atoms with E-state index in [4.69, 9.17) is 4.74 Å². The van der Waals surface area contributed by atoms with Gasteiger partial charge < -0.3 is 10.1 Å². The van der Waals surface area contributed by atoms with E-state index in [1.165, 1.54) is 17.8 Å². The topological polar surface area (TPSA) is 58.6 Å². The lowest BCUT2D eigenvalue weighted by Crippen LogP contribution is -2.42. The molecule has 1 saturated heterocycles. The molecule has 5 nitrogen and oxygen atoms in total. The number of thiophene rings is 1. The molecule has 1 aliphatic heterocycles. The van der Waals surface area contributed by atoms with Crippen molar-refractivity contribution < 1.29 is 14.3 Å². The van der Waals surface area contributed by atoms with E-state index in [1.807, 2.05) is 35.7 Å². The fourth-order valence-electron chi connectivity index (χ4n) is 3.98. The molecule has 28 heavy (non-hydrogen) atoms. The van der Waals surface area contributed by atoms with Crippen LogP contribution in [-0.2, 0) is 9.53 Å². The van der Waals surface area contributed by atoms with Crippen LogP contribution in [0.2, 0.25) is 0 Å². The first-order valence-electron chi connectivity index (χ1n) is 9.84. The van der Waals surface area contributed by atoms with E-state index in [0.29, 0.717) is 35.6 Å². The Bertz CT molecular complexity index is 808. The van der Waals surface area contributed by atoms with Crippen molar-refractivity contribution in [2.75, 3.05) is 31.6 Å². The standard InChI is InChI=1S/C22H28N2O3S/c1-4-27-22(26)20-18(17-8-6-5-7-9-17)14-28-21(20)23-19(25)13-24-11-15(2)10-16(3)12-24/h5-9,14-16H,4,10-13H2,1-3H3,(H,23,25)/t15-,16+. The average Bonchev–Trinajstić information content (AvgIpc) is 3.05. The molecule has 2 aromatic rings. The Hall–Kier alpha value is -2.18. The number of likely N-dealkylation sites (tertiary alicyclic amines) is 1. The van der Waals surface area contributed by atoms with Crippen molar-refractivity contribution >= 4 is 28.2 Å². The Kier molecular flexibility index (Phi) is 6.86. The van der Waals surface area contributed by atoms with Crippen LogP contribution >= 0.6 is 11.3 Å². The summed E-state index contributed by atoms with van der Waals surface area (Å²) in [5.74, 6) is 0.697. The van der Waals surface area contributed by atoms with Gasteiger partial charge in [0.1, 0.15) is 10.6 Å². The van der Waals surface area contributed by atoms with Crippen LogP contribution in [0.4, 0.5) is 5.00 Å². The van der Waals surface area contributed by atoms with Gasteiger partial charge in [-0.2, -0.15) is 0 Å². The van der Waals surface area contributed by atoms with Crippen LogP contribution in [0, 0.1) is 11.8 Å². The van der Waals surface area contributed by atoms with E-state index in [1.54, 1.807) is 6.92 Å². The SMILES string of the molecule is CCOC(=O)c1c(-c2ccccc2)csc1NC(=O)CN1C[C@H](C)C[C@H](C)C1. The predicted octanol–water partition coefficient (Wildman–Crippen LogP) is 4.51. The highest BCUT2D eigenvalue weighted by Gasteiger charge is 2.26. The first-order chi connectivity index (χ1) is 13.5. The van der Waals surface area contributed by atoms with Crippen LogP contribution in [0.5, 0.6) is 0 Å². The minimum absolute atomic E-state index is 0.0895. The maximum absolute atomic E-state index is 12.7. The molecule has 1 aromatic heterocycles. The highest BCUT2D eigenvalue weighted by atomic mass is 32.1. The molecule has 1 amide bonds. The summed E-state index contributed by atoms with van der Waals surface area (Å²) in [6.07, 6.45) is 1.20. The summed E-state index contributed by atoms with van der Waals surface area (Å²) in [5.41, 5.74) is 2.16. The Morgan fingerprint density at radius 1 is 1.18 bits per heavy atom. The van der Waals surface area contributed by atoms with E-state index >= 15 is 0 Å². The predicted molar refractivity (Wildman–Crippen MR) is 114 cm³/mol. The van der Waals surface area contributed by atoms with Gasteiger partial charge in [-0.15, -0.1) is 11.3 Å². The van der Waals surface area contributed by atoms with Gasteiger partial charge in [0.25, 0.3) is 0 Å². The number of hydrogen-bond acceptors (Lipinski definition) is 5. The molecule has 0 saturated carbocycles. The van der Waals surface area contributed by atoms with Crippen LogP contribution in [0.3, 0.4) is 0 Å². The highest BCUT2D eigenvalue weighted by Crippen LogP contribution is 2.36. The Morgan fingerprint density at radius 2 is 1.86 bits per heavy atom. The summed E-state index contributed by atoms with van der Waals surface area (Å²) in [6, 6.07) is 9.70. The minimum Gasteiger partial charge on any atom is -0.462 e. The third-order valence-corrected chi connectivity index (χ3v) is 5.82. The summed E-state index contributed by atoms with van der Waals surface area (Å²) >= 11 is 1.37. The van der Waals surface area contributed by atoms with E-state index in [9.17, 15) is 9.59 Å². The number of benzene rings is 1. The van der Waals surface area contributed by atoms with Gasteiger partial charge in [0.2, 0.25) is 5.91 Å². The quantitative estimate of drug-likeness (QED) is 0.725. The van der Waals surface area contributed by atoms with Crippen LogP contribution in [0.1, 0.15) is 37.6 Å². The Labute approximate surface area is 170 Å². The molecular weight excluding hydrogens is 372 g/mol. The van der Waals surface area contributed by atoms with Crippen molar-refractivity contribution in [2.45, 2.75) is 27.2 Å². The van der Waals surface area contributed by atoms with E-state index in [0.717, 1.165) is 24.2 Å². The second-order valence-corrected chi connectivity index (χ2v) is 8.51. The van der Waals surface area contributed by atoms with Crippen molar-refractivity contribution in [3.63, 3.8) is 0 Å². The molecule has 0 aliphatic carbocycles. The first kappa shape index (κ1) is 20.6. The molecule has 0 radical (unpaired) electrons. The first-order valence-corrected chi connectivity index (χ1v) is 10.7. The smallest absolute Gasteiger partial charge is 0.341 e. The molecular formula is C22H28N2O3S. The zero-order valence-corrected chi connectivity index (χ0v) is 17.6. The van der Waals surface area contributed by atoms with Gasteiger partial charge in [-0.3, -0.25) is 9.69 Å². The van der Waals surface area contributed by atoms with Crippen molar-refractivity contribution in [1.82, 2.24) is 4.90 Å². The number of esters is 1. The van der Waals surface area contributed by atoms with E-state index in [2.05, 4.69) is 24.1 Å². The van der Waals surface area contributed by atoms with Crippen LogP contribution in [0.25, 0.3) is 11.1 Å². The number of hydrogen-bond donors (Lipinski definition) is 1. The third kappa shape index (κ3) is 5.00. The monoisotopic (exact) mass is 400 g/mol. The number of carbonyl (C=O) groups excluding carboxylic acids is 2. The second-order valence-electron chi connectivity index (χ2n) is 7.63. The van der Waals surface area contributed by atoms with Crippen LogP contribution in [0.15, 0.2) is 35.7 Å². The normalized spacial score (nSPS) is 20.0. The van der Waals surface area contributed by atoms with Gasteiger partial charge in [0.05, 0.1) is 13.2 Å². The number of carbonyl (C=O) groups is 2. The fraction of sp³-hybridized carbons (Fsp3) is 0.455. The van der Waals surface area contributed by atoms with Gasteiger partial charge in [0.15, 0.2) is 0 Å². The molecule has 1 fully saturated rings. The molecule has 2 atom stereocenters. The molecule has 0 spiro atoms. The zero-order valence-electron chi connectivity index (χ0n) is 16.7. The van der Waals surface area contributed by atoms with Crippen LogP contribution in [-0.4, -0.2) is 43.0 Å². The van der Waals surface area contributed by atoms with E-state index in [-0.39, 0.29) is 5.91 Å². The molecule has 0 bridgehead atoms. The van der Waals surface area contributed by atoms with Crippen molar-refractivity contribution in [1.29, 1.82) is 0 Å². The number of nitrogens with one attached hydrogen (secondary N) is 1. The van der Waals surface area contributed by atoms with Gasteiger partial charge in [-0.25, -0.2) is 4.79 Å². The van der Waals surface area contributed by atoms with Gasteiger partial charge in [0, 0.05) is 24.0 Å². The van der Waals surface area contributed by atoms with E-state index < -0.39 is 5.97 Å². The van der Waals surface area contributed by atoms with Gasteiger partial charge in [-0.1, -0.05) is 44.2 Å². The number of rotatable bonds is 6. The summed E-state index contributed by atoms with van der Waals surface area (Å²) < 4.78 is 5.25. The summed E-state index contributed by atoms with van der Waals surface area (Å²) in [4.78, 5) is 27.5. The maximum Gasteiger partial charge on any atom is 0.341 e. The van der Waals surface area contributed by atoms with Crippen molar-refractivity contribution in [3.05, 3.63) is 41.3 Å². The van der Waals surface area contributed by atoms with Crippen molar-refractivity contribution in [3.8, 4) is 11.1 Å². The zero-order chi connectivity index (χ0) is 20.1. The molecule has 6 heteroatoms. The second kappa shape index (κ2) is 9.34. The molecule has 1 aromatic carbocycles. The molecule has 1 N–H and O–H groups in total. The Balaban J connectivity index is 1.78.